The smallest absolute Gasteiger partial charge is 0.243 e. The van der Waals surface area contributed by atoms with E-state index in [9.17, 15) is 0 Å². The Bertz CT molecular complexity index is 808. The first-order valence-electron chi connectivity index (χ1n) is 7.79. The molecule has 0 radical (unpaired) electrons. The molecule has 0 aliphatic heterocycles. The van der Waals surface area contributed by atoms with E-state index in [2.05, 4.69) is 32.1 Å². The molecule has 1 N–H and O–H groups in total. The van der Waals surface area contributed by atoms with Crippen molar-refractivity contribution >= 4 is 0 Å². The zero-order chi connectivity index (χ0) is 16.9. The van der Waals surface area contributed by atoms with E-state index in [-0.39, 0.29) is 6.04 Å². The normalized spacial score (nSPS) is 12.2. The van der Waals surface area contributed by atoms with Gasteiger partial charge in [0, 0.05) is 24.5 Å². The summed E-state index contributed by atoms with van der Waals surface area (Å²) < 4.78 is 7.22. The molecule has 1 atom stereocenters. The van der Waals surface area contributed by atoms with Crippen molar-refractivity contribution in [2.75, 3.05) is 0 Å². The minimum Gasteiger partial charge on any atom is -0.337 e. The minimum atomic E-state index is -0.0721. The fourth-order valence-electron chi connectivity index (χ4n) is 2.32. The van der Waals surface area contributed by atoms with Crippen LogP contribution in [0.1, 0.15) is 30.1 Å². The Morgan fingerprint density at radius 2 is 2.29 bits per heavy atom. The van der Waals surface area contributed by atoms with Gasteiger partial charge in [-0.2, -0.15) is 10.1 Å². The molecule has 0 bridgehead atoms. The Morgan fingerprint density at radius 1 is 1.42 bits per heavy atom. The van der Waals surface area contributed by atoms with Gasteiger partial charge in [0.25, 0.3) is 0 Å². The molecule has 3 aromatic rings. The largest absolute Gasteiger partial charge is 0.337 e. The first-order chi connectivity index (χ1) is 11.7. The predicted molar refractivity (Wildman–Crippen MR) is 89.9 cm³/mol. The number of aryl methyl sites for hydroxylation is 1. The topological polar surface area (TPSA) is 81.7 Å². The third-order valence-electron chi connectivity index (χ3n) is 3.67. The Kier molecular flexibility index (Phi) is 4.81. The van der Waals surface area contributed by atoms with Crippen LogP contribution in [-0.2, 0) is 13.1 Å². The molecule has 7 nitrogen and oxygen atoms in total. The van der Waals surface area contributed by atoms with E-state index in [1.807, 2.05) is 49.0 Å². The molecule has 24 heavy (non-hydrogen) atoms. The van der Waals surface area contributed by atoms with E-state index < -0.39 is 0 Å². The molecule has 0 spiro atoms. The maximum absolute atomic E-state index is 5.35. The highest BCUT2D eigenvalue weighted by atomic mass is 16.5. The van der Waals surface area contributed by atoms with Crippen molar-refractivity contribution < 1.29 is 4.52 Å². The number of hydrogen-bond donors (Lipinski definition) is 1. The quantitative estimate of drug-likeness (QED) is 0.673. The number of rotatable bonds is 7. The van der Waals surface area contributed by atoms with Crippen LogP contribution in [0.15, 0.2) is 47.8 Å². The second-order valence-electron chi connectivity index (χ2n) is 5.52. The molecule has 0 aromatic carbocycles. The van der Waals surface area contributed by atoms with Gasteiger partial charge in [-0.25, -0.2) is 0 Å². The van der Waals surface area contributed by atoms with Gasteiger partial charge in [-0.3, -0.25) is 9.67 Å². The lowest BCUT2D eigenvalue weighted by Gasteiger charge is -2.08. The molecular weight excluding hydrogens is 304 g/mol. The van der Waals surface area contributed by atoms with Crippen LogP contribution in [0.25, 0.3) is 11.5 Å². The Balaban J connectivity index is 1.64. The molecule has 0 saturated heterocycles. The average Bonchev–Trinajstić information content (AvgIpc) is 3.21. The maximum Gasteiger partial charge on any atom is 0.243 e. The highest BCUT2D eigenvalue weighted by Gasteiger charge is 2.16. The van der Waals surface area contributed by atoms with Gasteiger partial charge in [0.15, 0.2) is 0 Å². The van der Waals surface area contributed by atoms with Crippen molar-refractivity contribution in [1.29, 1.82) is 0 Å². The Hall–Kier alpha value is -2.80. The zero-order valence-corrected chi connectivity index (χ0v) is 13.8. The SMILES string of the molecule is C=CCn1cc(CNC(C)c2nc(-c3ccccn3)no2)c(C)n1. The monoisotopic (exact) mass is 324 g/mol. The molecule has 0 fully saturated rings. The van der Waals surface area contributed by atoms with Crippen LogP contribution in [0.5, 0.6) is 0 Å². The molecular formula is C17H20N6O. The standard InChI is InChI=1S/C17H20N6O/c1-4-9-23-11-14(12(2)21-23)10-19-13(3)17-20-16(22-24-17)15-7-5-6-8-18-15/h4-8,11,13,19H,1,9-10H2,2-3H3. The number of pyridine rings is 1. The van der Waals surface area contributed by atoms with Crippen molar-refractivity contribution in [1.82, 2.24) is 30.2 Å². The molecule has 0 saturated carbocycles. The fourth-order valence-corrected chi connectivity index (χ4v) is 2.32. The number of allylic oxidation sites excluding steroid dienone is 1. The van der Waals surface area contributed by atoms with E-state index in [0.29, 0.717) is 30.5 Å². The fraction of sp³-hybridized carbons (Fsp3) is 0.294. The van der Waals surface area contributed by atoms with Crippen LogP contribution >= 0.6 is 0 Å². The molecule has 3 rings (SSSR count). The maximum atomic E-state index is 5.35. The van der Waals surface area contributed by atoms with Gasteiger partial charge in [-0.05, 0) is 26.0 Å². The zero-order valence-electron chi connectivity index (χ0n) is 13.8. The van der Waals surface area contributed by atoms with E-state index in [0.717, 1.165) is 11.3 Å². The highest BCUT2D eigenvalue weighted by Crippen LogP contribution is 2.17. The van der Waals surface area contributed by atoms with Gasteiger partial charge < -0.3 is 9.84 Å². The van der Waals surface area contributed by atoms with Crippen molar-refractivity contribution in [3.8, 4) is 11.5 Å². The van der Waals surface area contributed by atoms with Crippen molar-refractivity contribution in [3.63, 3.8) is 0 Å². The average molecular weight is 324 g/mol. The van der Waals surface area contributed by atoms with E-state index >= 15 is 0 Å². The van der Waals surface area contributed by atoms with Crippen LogP contribution in [0.3, 0.4) is 0 Å². The number of nitrogens with zero attached hydrogens (tertiary/aromatic N) is 5. The second-order valence-corrected chi connectivity index (χ2v) is 5.52. The lowest BCUT2D eigenvalue weighted by molar-refractivity contribution is 0.339. The summed E-state index contributed by atoms with van der Waals surface area (Å²) in [7, 11) is 0. The summed E-state index contributed by atoms with van der Waals surface area (Å²) in [5, 5.41) is 11.8. The van der Waals surface area contributed by atoms with Gasteiger partial charge in [-0.15, -0.1) is 6.58 Å². The molecule has 0 amide bonds. The third-order valence-corrected chi connectivity index (χ3v) is 3.67. The van der Waals surface area contributed by atoms with Crippen LogP contribution in [0.4, 0.5) is 0 Å². The lowest BCUT2D eigenvalue weighted by Crippen LogP contribution is -2.18. The summed E-state index contributed by atoms with van der Waals surface area (Å²) >= 11 is 0. The van der Waals surface area contributed by atoms with Gasteiger partial charge in [0.1, 0.15) is 5.69 Å². The summed E-state index contributed by atoms with van der Waals surface area (Å²) in [6.07, 6.45) is 5.55. The minimum absolute atomic E-state index is 0.0721. The summed E-state index contributed by atoms with van der Waals surface area (Å²) in [5.41, 5.74) is 2.82. The molecule has 0 aliphatic carbocycles. The first-order valence-corrected chi connectivity index (χ1v) is 7.79. The summed E-state index contributed by atoms with van der Waals surface area (Å²) in [4.78, 5) is 8.64. The molecule has 0 aliphatic rings. The molecule has 7 heteroatoms. The van der Waals surface area contributed by atoms with Crippen molar-refractivity contribution in [2.45, 2.75) is 33.0 Å². The van der Waals surface area contributed by atoms with Crippen LogP contribution in [-0.4, -0.2) is 24.9 Å². The molecule has 3 aromatic heterocycles. The Labute approximate surface area is 140 Å². The van der Waals surface area contributed by atoms with E-state index in [4.69, 9.17) is 4.52 Å². The summed E-state index contributed by atoms with van der Waals surface area (Å²) in [5.74, 6) is 1.03. The van der Waals surface area contributed by atoms with E-state index in [1.165, 1.54) is 0 Å². The predicted octanol–water partition coefficient (Wildman–Crippen LogP) is 2.67. The van der Waals surface area contributed by atoms with Gasteiger partial charge in [0.2, 0.25) is 11.7 Å². The lowest BCUT2D eigenvalue weighted by atomic mass is 10.2. The van der Waals surface area contributed by atoms with Gasteiger partial charge in [0.05, 0.1) is 18.3 Å². The molecule has 1 unspecified atom stereocenters. The van der Waals surface area contributed by atoms with Crippen LogP contribution in [0, 0.1) is 6.92 Å². The van der Waals surface area contributed by atoms with E-state index in [1.54, 1.807) is 6.20 Å². The van der Waals surface area contributed by atoms with Gasteiger partial charge >= 0.3 is 0 Å². The van der Waals surface area contributed by atoms with Crippen molar-refractivity contribution in [3.05, 3.63) is 60.4 Å². The number of nitrogens with one attached hydrogen (secondary N) is 1. The van der Waals surface area contributed by atoms with Gasteiger partial charge in [-0.1, -0.05) is 17.3 Å². The molecule has 3 heterocycles. The van der Waals surface area contributed by atoms with Crippen molar-refractivity contribution in [2.24, 2.45) is 0 Å². The summed E-state index contributed by atoms with van der Waals surface area (Å²) in [6.45, 7) is 9.08. The molecule has 124 valence electrons. The Morgan fingerprint density at radius 3 is 3.04 bits per heavy atom. The highest BCUT2D eigenvalue weighted by molar-refractivity contribution is 5.47. The van der Waals surface area contributed by atoms with Crippen LogP contribution in [0.2, 0.25) is 0 Å². The second kappa shape index (κ2) is 7.18. The number of hydrogen-bond acceptors (Lipinski definition) is 6. The number of aromatic nitrogens is 5. The third kappa shape index (κ3) is 3.57. The summed E-state index contributed by atoms with van der Waals surface area (Å²) in [6, 6.07) is 5.52. The van der Waals surface area contributed by atoms with Crippen LogP contribution < -0.4 is 5.32 Å². The first kappa shape index (κ1) is 16.1.